The summed E-state index contributed by atoms with van der Waals surface area (Å²) in [5.74, 6) is 0.335. The van der Waals surface area contributed by atoms with Gasteiger partial charge in [-0.3, -0.25) is 4.79 Å². The third kappa shape index (κ3) is 3.54. The van der Waals surface area contributed by atoms with Gasteiger partial charge < -0.3 is 5.32 Å². The Hall–Kier alpha value is -1.57. The minimum atomic E-state index is -0.0370. The van der Waals surface area contributed by atoms with Crippen molar-refractivity contribution in [3.05, 3.63) is 48.0 Å². The van der Waals surface area contributed by atoms with E-state index in [0.717, 1.165) is 5.56 Å². The van der Waals surface area contributed by atoms with Crippen LogP contribution < -0.4 is 5.32 Å². The fourth-order valence-electron chi connectivity index (χ4n) is 1.65. The summed E-state index contributed by atoms with van der Waals surface area (Å²) < 4.78 is 0. The van der Waals surface area contributed by atoms with Crippen LogP contribution >= 0.6 is 0 Å². The number of carbonyl (C=O) groups excluding carboxylic acids is 1. The van der Waals surface area contributed by atoms with Gasteiger partial charge in [0.15, 0.2) is 0 Å². The maximum absolute atomic E-state index is 11.5. The number of amides is 1. The number of hydrogen-bond donors (Lipinski definition) is 1. The van der Waals surface area contributed by atoms with Gasteiger partial charge in [-0.2, -0.15) is 0 Å². The first-order valence-corrected chi connectivity index (χ1v) is 5.63. The molecule has 2 nitrogen and oxygen atoms in total. The molecule has 0 aliphatic rings. The largest absolute Gasteiger partial charge is 0.346 e. The van der Waals surface area contributed by atoms with Crippen molar-refractivity contribution in [2.45, 2.75) is 26.8 Å². The first kappa shape index (κ1) is 12.5. The smallest absolute Gasteiger partial charge is 0.244 e. The summed E-state index contributed by atoms with van der Waals surface area (Å²) in [6, 6.07) is 10.1. The van der Waals surface area contributed by atoms with Gasteiger partial charge in [-0.15, -0.1) is 0 Å². The lowest BCUT2D eigenvalue weighted by atomic mass is 9.96. The number of hydrogen-bond acceptors (Lipinski definition) is 1. The SMILES string of the molecule is CC=CC(=O)NC(c1ccccc1)C(C)C. The van der Waals surface area contributed by atoms with E-state index in [0.29, 0.717) is 5.92 Å². The predicted octanol–water partition coefficient (Wildman–Crippen LogP) is 3.08. The molecule has 0 aliphatic heterocycles. The molecule has 1 N–H and O–H groups in total. The van der Waals surface area contributed by atoms with Gasteiger partial charge in [0.05, 0.1) is 6.04 Å². The van der Waals surface area contributed by atoms with Gasteiger partial charge in [0.25, 0.3) is 0 Å². The Labute approximate surface area is 97.4 Å². The molecular weight excluding hydrogens is 198 g/mol. The number of carbonyl (C=O) groups is 1. The van der Waals surface area contributed by atoms with Gasteiger partial charge >= 0.3 is 0 Å². The third-order valence-electron chi connectivity index (χ3n) is 2.44. The topological polar surface area (TPSA) is 29.1 Å². The zero-order valence-corrected chi connectivity index (χ0v) is 10.1. The van der Waals surface area contributed by atoms with Crippen molar-refractivity contribution in [1.82, 2.24) is 5.32 Å². The average molecular weight is 217 g/mol. The molecule has 1 atom stereocenters. The molecule has 86 valence electrons. The Kier molecular flexibility index (Phi) is 4.77. The highest BCUT2D eigenvalue weighted by atomic mass is 16.1. The van der Waals surface area contributed by atoms with Crippen molar-refractivity contribution < 1.29 is 4.79 Å². The standard InChI is InChI=1S/C14H19NO/c1-4-8-13(16)15-14(11(2)3)12-9-6-5-7-10-12/h4-11,14H,1-3H3,(H,15,16). The van der Waals surface area contributed by atoms with Gasteiger partial charge in [0.1, 0.15) is 0 Å². The molecule has 1 amide bonds. The van der Waals surface area contributed by atoms with E-state index in [-0.39, 0.29) is 11.9 Å². The molecule has 0 aromatic heterocycles. The number of nitrogens with one attached hydrogen (secondary N) is 1. The lowest BCUT2D eigenvalue weighted by Crippen LogP contribution is -2.30. The predicted molar refractivity (Wildman–Crippen MR) is 67.0 cm³/mol. The van der Waals surface area contributed by atoms with Crippen LogP contribution in [0.2, 0.25) is 0 Å². The van der Waals surface area contributed by atoms with E-state index in [1.807, 2.05) is 37.3 Å². The molecule has 0 heterocycles. The second-order valence-corrected chi connectivity index (χ2v) is 4.14. The van der Waals surface area contributed by atoms with Crippen LogP contribution in [0.5, 0.6) is 0 Å². The Morgan fingerprint density at radius 3 is 2.38 bits per heavy atom. The summed E-state index contributed by atoms with van der Waals surface area (Å²) in [4.78, 5) is 11.5. The van der Waals surface area contributed by atoms with Crippen molar-refractivity contribution in [3.63, 3.8) is 0 Å². The number of allylic oxidation sites excluding steroid dienone is 1. The molecule has 1 unspecified atom stereocenters. The van der Waals surface area contributed by atoms with Crippen molar-refractivity contribution in [2.24, 2.45) is 5.92 Å². The minimum absolute atomic E-state index is 0.0370. The van der Waals surface area contributed by atoms with Crippen molar-refractivity contribution in [1.29, 1.82) is 0 Å². The van der Waals surface area contributed by atoms with E-state index in [9.17, 15) is 4.79 Å². The fraction of sp³-hybridized carbons (Fsp3) is 0.357. The minimum Gasteiger partial charge on any atom is -0.346 e. The molecule has 1 rings (SSSR count). The van der Waals surface area contributed by atoms with Crippen LogP contribution in [-0.4, -0.2) is 5.91 Å². The van der Waals surface area contributed by atoms with Crippen molar-refractivity contribution >= 4 is 5.91 Å². The quantitative estimate of drug-likeness (QED) is 0.771. The van der Waals surface area contributed by atoms with Crippen molar-refractivity contribution in [2.75, 3.05) is 0 Å². The molecular formula is C14H19NO. The summed E-state index contributed by atoms with van der Waals surface area (Å²) in [5, 5.41) is 3.01. The monoisotopic (exact) mass is 217 g/mol. The molecule has 1 aromatic rings. The van der Waals surface area contributed by atoms with Gasteiger partial charge in [-0.05, 0) is 24.5 Å². The van der Waals surface area contributed by atoms with Crippen LogP contribution in [0.25, 0.3) is 0 Å². The molecule has 0 aliphatic carbocycles. The van der Waals surface area contributed by atoms with Gasteiger partial charge in [0, 0.05) is 0 Å². The maximum Gasteiger partial charge on any atom is 0.244 e. The molecule has 1 aromatic carbocycles. The Bertz CT molecular complexity index is 354. The van der Waals surface area contributed by atoms with Crippen LogP contribution in [-0.2, 0) is 4.79 Å². The zero-order chi connectivity index (χ0) is 12.0. The second-order valence-electron chi connectivity index (χ2n) is 4.14. The highest BCUT2D eigenvalue weighted by Gasteiger charge is 2.16. The highest BCUT2D eigenvalue weighted by molar-refractivity contribution is 5.87. The van der Waals surface area contributed by atoms with Crippen LogP contribution in [0.15, 0.2) is 42.5 Å². The molecule has 0 fully saturated rings. The molecule has 0 spiro atoms. The summed E-state index contributed by atoms with van der Waals surface area (Å²) in [6.07, 6.45) is 3.30. The summed E-state index contributed by atoms with van der Waals surface area (Å²) in [6.45, 7) is 6.05. The van der Waals surface area contributed by atoms with Crippen LogP contribution in [0, 0.1) is 5.92 Å². The average Bonchev–Trinajstić information content (AvgIpc) is 2.27. The number of rotatable bonds is 4. The lowest BCUT2D eigenvalue weighted by Gasteiger charge is -2.22. The summed E-state index contributed by atoms with van der Waals surface area (Å²) >= 11 is 0. The van der Waals surface area contributed by atoms with Gasteiger partial charge in [-0.1, -0.05) is 50.3 Å². The van der Waals surface area contributed by atoms with E-state index in [4.69, 9.17) is 0 Å². The third-order valence-corrected chi connectivity index (χ3v) is 2.44. The molecule has 0 saturated carbocycles. The Balaban J connectivity index is 2.81. The van der Waals surface area contributed by atoms with E-state index in [1.165, 1.54) is 0 Å². The summed E-state index contributed by atoms with van der Waals surface area (Å²) in [7, 11) is 0. The molecule has 0 bridgehead atoms. The highest BCUT2D eigenvalue weighted by Crippen LogP contribution is 2.20. The Morgan fingerprint density at radius 1 is 1.25 bits per heavy atom. The first-order chi connectivity index (χ1) is 7.65. The Morgan fingerprint density at radius 2 is 1.88 bits per heavy atom. The summed E-state index contributed by atoms with van der Waals surface area (Å²) in [5.41, 5.74) is 1.15. The van der Waals surface area contributed by atoms with Crippen molar-refractivity contribution in [3.8, 4) is 0 Å². The molecule has 0 saturated heterocycles. The zero-order valence-electron chi connectivity index (χ0n) is 10.1. The van der Waals surface area contributed by atoms with E-state index >= 15 is 0 Å². The molecule has 2 heteroatoms. The van der Waals surface area contributed by atoms with Crippen LogP contribution in [0.4, 0.5) is 0 Å². The fourth-order valence-corrected chi connectivity index (χ4v) is 1.65. The molecule has 0 radical (unpaired) electrons. The van der Waals surface area contributed by atoms with E-state index < -0.39 is 0 Å². The van der Waals surface area contributed by atoms with Gasteiger partial charge in [0.2, 0.25) is 5.91 Å². The van der Waals surface area contributed by atoms with E-state index in [1.54, 1.807) is 12.2 Å². The maximum atomic E-state index is 11.5. The normalized spacial score (nSPS) is 13.0. The van der Waals surface area contributed by atoms with Crippen LogP contribution in [0.3, 0.4) is 0 Å². The van der Waals surface area contributed by atoms with Gasteiger partial charge in [-0.25, -0.2) is 0 Å². The van der Waals surface area contributed by atoms with Crippen LogP contribution in [0.1, 0.15) is 32.4 Å². The van der Waals surface area contributed by atoms with E-state index in [2.05, 4.69) is 19.2 Å². The first-order valence-electron chi connectivity index (χ1n) is 5.63. The number of benzene rings is 1. The second kappa shape index (κ2) is 6.11. The molecule has 16 heavy (non-hydrogen) atoms. The lowest BCUT2D eigenvalue weighted by molar-refractivity contribution is -0.117.